The van der Waals surface area contributed by atoms with E-state index in [1.807, 2.05) is 0 Å². The quantitative estimate of drug-likeness (QED) is 0.898. The van der Waals surface area contributed by atoms with Crippen LogP contribution in [0.4, 0.5) is 0 Å². The summed E-state index contributed by atoms with van der Waals surface area (Å²) in [6.07, 6.45) is 6.86. The van der Waals surface area contributed by atoms with E-state index in [0.29, 0.717) is 6.04 Å². The third kappa shape index (κ3) is 3.02. The molecule has 1 N–H and O–H groups in total. The predicted octanol–water partition coefficient (Wildman–Crippen LogP) is 4.05. The SMILES string of the molecule is CCNC1CC2CCCC(C1)N2C(C)c1ccccc1C. The van der Waals surface area contributed by atoms with E-state index in [-0.39, 0.29) is 0 Å². The molecule has 2 aliphatic rings. The number of benzene rings is 1. The molecule has 0 spiro atoms. The summed E-state index contributed by atoms with van der Waals surface area (Å²) >= 11 is 0. The number of fused-ring (bicyclic) bond motifs is 2. The lowest BCUT2D eigenvalue weighted by molar-refractivity contribution is -0.00618. The minimum Gasteiger partial charge on any atom is -0.314 e. The summed E-state index contributed by atoms with van der Waals surface area (Å²) in [6, 6.07) is 11.8. The maximum atomic E-state index is 3.70. The van der Waals surface area contributed by atoms with E-state index >= 15 is 0 Å². The van der Waals surface area contributed by atoms with Crippen molar-refractivity contribution in [2.45, 2.75) is 77.0 Å². The second-order valence-electron chi connectivity index (χ2n) is 6.94. The van der Waals surface area contributed by atoms with Gasteiger partial charge in [0.2, 0.25) is 0 Å². The number of hydrogen-bond donors (Lipinski definition) is 1. The monoisotopic (exact) mass is 286 g/mol. The third-order valence-corrected chi connectivity index (χ3v) is 5.61. The lowest BCUT2D eigenvalue weighted by Gasteiger charge is -2.52. The summed E-state index contributed by atoms with van der Waals surface area (Å²) in [4.78, 5) is 2.85. The molecule has 2 heterocycles. The first kappa shape index (κ1) is 15.1. The van der Waals surface area contributed by atoms with Gasteiger partial charge >= 0.3 is 0 Å². The molecule has 1 aromatic carbocycles. The highest BCUT2D eigenvalue weighted by Crippen LogP contribution is 2.40. The van der Waals surface area contributed by atoms with Gasteiger partial charge in [-0.1, -0.05) is 37.6 Å². The number of aryl methyl sites for hydroxylation is 1. The van der Waals surface area contributed by atoms with Crippen LogP contribution in [0.2, 0.25) is 0 Å². The van der Waals surface area contributed by atoms with Gasteiger partial charge in [-0.15, -0.1) is 0 Å². The highest BCUT2D eigenvalue weighted by molar-refractivity contribution is 5.29. The minimum atomic E-state index is 0.559. The lowest BCUT2D eigenvalue weighted by Crippen LogP contribution is -2.56. The summed E-state index contributed by atoms with van der Waals surface area (Å²) in [6.45, 7) is 8.02. The Morgan fingerprint density at radius 1 is 1.19 bits per heavy atom. The molecule has 116 valence electrons. The predicted molar refractivity (Wildman–Crippen MR) is 89.6 cm³/mol. The number of rotatable bonds is 4. The van der Waals surface area contributed by atoms with Crippen LogP contribution in [0.1, 0.15) is 63.1 Å². The second-order valence-corrected chi connectivity index (χ2v) is 6.94. The molecule has 21 heavy (non-hydrogen) atoms. The number of nitrogens with zero attached hydrogens (tertiary/aromatic N) is 1. The van der Waals surface area contributed by atoms with Crippen molar-refractivity contribution in [2.24, 2.45) is 0 Å². The first-order valence-electron chi connectivity index (χ1n) is 8.77. The van der Waals surface area contributed by atoms with Gasteiger partial charge in [0.15, 0.2) is 0 Å². The van der Waals surface area contributed by atoms with E-state index in [9.17, 15) is 0 Å². The van der Waals surface area contributed by atoms with E-state index in [2.05, 4.69) is 55.3 Å². The molecule has 2 bridgehead atoms. The minimum absolute atomic E-state index is 0.559. The zero-order valence-electron chi connectivity index (χ0n) is 13.8. The molecule has 1 aromatic rings. The molecule has 2 saturated heterocycles. The molecule has 2 fully saturated rings. The Morgan fingerprint density at radius 3 is 2.48 bits per heavy atom. The van der Waals surface area contributed by atoms with Gasteiger partial charge in [-0.3, -0.25) is 4.90 Å². The fraction of sp³-hybridized carbons (Fsp3) is 0.684. The van der Waals surface area contributed by atoms with Crippen molar-refractivity contribution in [1.82, 2.24) is 10.2 Å². The molecule has 0 amide bonds. The van der Waals surface area contributed by atoms with Gasteiger partial charge in [0.25, 0.3) is 0 Å². The van der Waals surface area contributed by atoms with Gasteiger partial charge in [0.1, 0.15) is 0 Å². The number of nitrogens with one attached hydrogen (secondary N) is 1. The molecule has 3 unspecified atom stereocenters. The summed E-state index contributed by atoms with van der Waals surface area (Å²) in [5.74, 6) is 0. The zero-order valence-corrected chi connectivity index (χ0v) is 13.8. The molecule has 2 nitrogen and oxygen atoms in total. The topological polar surface area (TPSA) is 15.3 Å². The normalized spacial score (nSPS) is 31.1. The molecular weight excluding hydrogens is 256 g/mol. The van der Waals surface area contributed by atoms with Gasteiger partial charge in [0, 0.05) is 24.2 Å². The zero-order chi connectivity index (χ0) is 14.8. The Kier molecular flexibility index (Phi) is 4.66. The van der Waals surface area contributed by atoms with E-state index in [1.54, 1.807) is 0 Å². The molecular formula is C19H30N2. The lowest BCUT2D eigenvalue weighted by atomic mass is 9.79. The average Bonchev–Trinajstić information content (AvgIpc) is 2.46. The Bertz CT molecular complexity index is 456. The maximum absolute atomic E-state index is 3.70. The van der Waals surface area contributed by atoms with Crippen molar-refractivity contribution < 1.29 is 0 Å². The van der Waals surface area contributed by atoms with Crippen LogP contribution < -0.4 is 5.32 Å². The molecule has 3 atom stereocenters. The van der Waals surface area contributed by atoms with Crippen LogP contribution in [-0.4, -0.2) is 29.6 Å². The smallest absolute Gasteiger partial charge is 0.0328 e. The number of hydrogen-bond acceptors (Lipinski definition) is 2. The molecule has 0 radical (unpaired) electrons. The van der Waals surface area contributed by atoms with Gasteiger partial charge in [-0.05, 0) is 57.2 Å². The van der Waals surface area contributed by atoms with Crippen LogP contribution in [0.15, 0.2) is 24.3 Å². The fourth-order valence-corrected chi connectivity index (χ4v) is 4.72. The molecule has 2 heteroatoms. The van der Waals surface area contributed by atoms with Crippen LogP contribution in [0.3, 0.4) is 0 Å². The summed E-state index contributed by atoms with van der Waals surface area (Å²) in [5.41, 5.74) is 2.97. The highest BCUT2D eigenvalue weighted by Gasteiger charge is 2.40. The Balaban J connectivity index is 1.80. The molecule has 3 rings (SSSR count). The first-order chi connectivity index (χ1) is 10.2. The van der Waals surface area contributed by atoms with Crippen molar-refractivity contribution >= 4 is 0 Å². The van der Waals surface area contributed by atoms with Crippen LogP contribution in [0, 0.1) is 6.92 Å². The summed E-state index contributed by atoms with van der Waals surface area (Å²) in [7, 11) is 0. The van der Waals surface area contributed by atoms with Crippen molar-refractivity contribution in [1.29, 1.82) is 0 Å². The van der Waals surface area contributed by atoms with Gasteiger partial charge < -0.3 is 5.32 Å². The fourth-order valence-electron chi connectivity index (χ4n) is 4.72. The van der Waals surface area contributed by atoms with Crippen molar-refractivity contribution in [3.8, 4) is 0 Å². The number of piperidine rings is 2. The Morgan fingerprint density at radius 2 is 1.86 bits per heavy atom. The third-order valence-electron chi connectivity index (χ3n) is 5.61. The van der Waals surface area contributed by atoms with Crippen molar-refractivity contribution in [2.75, 3.05) is 6.54 Å². The van der Waals surface area contributed by atoms with Gasteiger partial charge in [-0.2, -0.15) is 0 Å². The van der Waals surface area contributed by atoms with Gasteiger partial charge in [0.05, 0.1) is 0 Å². The van der Waals surface area contributed by atoms with Crippen LogP contribution in [0.25, 0.3) is 0 Å². The maximum Gasteiger partial charge on any atom is 0.0328 e. The van der Waals surface area contributed by atoms with Crippen molar-refractivity contribution in [3.05, 3.63) is 35.4 Å². The van der Waals surface area contributed by atoms with E-state index in [1.165, 1.54) is 43.2 Å². The molecule has 0 aliphatic carbocycles. The first-order valence-corrected chi connectivity index (χ1v) is 8.77. The highest BCUT2D eigenvalue weighted by atomic mass is 15.2. The van der Waals surface area contributed by atoms with Crippen LogP contribution >= 0.6 is 0 Å². The summed E-state index contributed by atoms with van der Waals surface area (Å²) in [5, 5.41) is 3.70. The van der Waals surface area contributed by atoms with Crippen LogP contribution in [0.5, 0.6) is 0 Å². The molecule has 2 aliphatic heterocycles. The van der Waals surface area contributed by atoms with E-state index in [0.717, 1.165) is 24.7 Å². The average molecular weight is 286 g/mol. The largest absolute Gasteiger partial charge is 0.314 e. The Hall–Kier alpha value is -0.860. The van der Waals surface area contributed by atoms with Gasteiger partial charge in [-0.25, -0.2) is 0 Å². The summed E-state index contributed by atoms with van der Waals surface area (Å²) < 4.78 is 0. The molecule has 0 saturated carbocycles. The molecule has 0 aromatic heterocycles. The van der Waals surface area contributed by atoms with Crippen LogP contribution in [-0.2, 0) is 0 Å². The Labute approximate surface area is 129 Å². The van der Waals surface area contributed by atoms with E-state index < -0.39 is 0 Å². The standard InChI is InChI=1S/C19H30N2/c1-4-20-16-12-17-9-7-10-18(13-16)21(17)15(3)19-11-6-5-8-14(19)2/h5-6,8,11,15-18,20H,4,7,9-10,12-13H2,1-3H3. The van der Waals surface area contributed by atoms with Crippen molar-refractivity contribution in [3.63, 3.8) is 0 Å². The second kappa shape index (κ2) is 6.50. The van der Waals surface area contributed by atoms with E-state index in [4.69, 9.17) is 0 Å².